The second-order valence-corrected chi connectivity index (χ2v) is 30.2. The van der Waals surface area contributed by atoms with Crippen LogP contribution in [0.25, 0.3) is 10.6 Å². The molecule has 12 rings (SSSR count). The van der Waals surface area contributed by atoms with Crippen molar-refractivity contribution in [1.82, 2.24) is 14.7 Å². The molecule has 9 aromatic carbocycles. The molecule has 0 spiro atoms. The quantitative estimate of drug-likeness (QED) is 0.0355. The molecule has 0 bridgehead atoms. The number of terminal acetylenes is 1. The predicted molar refractivity (Wildman–Crippen MR) is 483 cm³/mol. The number of rotatable bonds is 14. The summed E-state index contributed by atoms with van der Waals surface area (Å²) < 4.78 is 0. The summed E-state index contributed by atoms with van der Waals surface area (Å²) in [5.41, 5.74) is 18.2. The summed E-state index contributed by atoms with van der Waals surface area (Å²) in [4.78, 5) is 8.17. The third-order valence-corrected chi connectivity index (χ3v) is 18.6. The van der Waals surface area contributed by atoms with Gasteiger partial charge in [0.15, 0.2) is 0 Å². The Hall–Kier alpha value is -5.78. The summed E-state index contributed by atoms with van der Waals surface area (Å²) >= 11 is 26.5. The van der Waals surface area contributed by atoms with Crippen molar-refractivity contribution in [2.75, 3.05) is 44.6 Å². The van der Waals surface area contributed by atoms with Crippen LogP contribution in [0.5, 0.6) is 0 Å². The van der Waals surface area contributed by atoms with E-state index in [-0.39, 0.29) is 68.7 Å². The van der Waals surface area contributed by atoms with Gasteiger partial charge in [-0.15, -0.1) is 120 Å². The fourth-order valence-electron chi connectivity index (χ4n) is 11.6. The summed E-state index contributed by atoms with van der Waals surface area (Å²) in [6, 6.07) is 79.1. The van der Waals surface area contributed by atoms with Crippen LogP contribution in [0.15, 0.2) is 237 Å². The van der Waals surface area contributed by atoms with E-state index in [4.69, 9.17) is 71.3 Å². The van der Waals surface area contributed by atoms with Crippen LogP contribution in [-0.2, 0) is 84.1 Å². The number of likely N-dealkylation sites (tertiary alicyclic amines) is 3. The number of hydrogen-bond donors (Lipinski definition) is 0. The van der Waals surface area contributed by atoms with Gasteiger partial charge in [-0.3, -0.25) is 0 Å². The summed E-state index contributed by atoms with van der Waals surface area (Å²) in [7, 11) is 0. The number of halogens is 2. The molecule has 9 aromatic rings. The van der Waals surface area contributed by atoms with Gasteiger partial charge in [-0.05, 0) is 117 Å². The van der Waals surface area contributed by atoms with Crippen LogP contribution >= 0.6 is 35.4 Å². The van der Waals surface area contributed by atoms with E-state index in [1.54, 1.807) is 0 Å². The van der Waals surface area contributed by atoms with E-state index in [9.17, 15) is 0 Å². The first-order chi connectivity index (χ1) is 51.3. The van der Waals surface area contributed by atoms with Crippen LogP contribution in [0.4, 0.5) is 11.4 Å². The maximum atomic E-state index is 5.71. The van der Waals surface area contributed by atoms with E-state index < -0.39 is 0 Å². The van der Waals surface area contributed by atoms with Crippen molar-refractivity contribution in [3.05, 3.63) is 361 Å². The van der Waals surface area contributed by atoms with Gasteiger partial charge in [0.2, 0.25) is 0 Å². The van der Waals surface area contributed by atoms with E-state index in [1.165, 1.54) is 77.5 Å². The average molecular weight is 1710 g/mol. The number of hydrogen-bond acceptors (Lipinski definition) is 5. The van der Waals surface area contributed by atoms with Crippen molar-refractivity contribution >= 4 is 77.0 Å². The first kappa shape index (κ1) is 103. The molecular formula is C97H125Cl2N5S3Zr2-6. The minimum absolute atomic E-state index is 0. The number of benzene rings is 9. The van der Waals surface area contributed by atoms with Crippen LogP contribution < -0.4 is 0 Å². The molecule has 3 aliphatic rings. The van der Waals surface area contributed by atoms with Gasteiger partial charge in [0, 0.05) is 45.7 Å². The van der Waals surface area contributed by atoms with Gasteiger partial charge >= 0.3 is 26.2 Å². The monoisotopic (exact) mass is 1710 g/mol. The molecular weight excluding hydrogens is 1580 g/mol. The molecule has 0 aliphatic carbocycles. The maximum Gasteiger partial charge on any atom is 4.00 e. The number of thiocarbonyl (C=S) groups is 1. The van der Waals surface area contributed by atoms with E-state index in [0.29, 0.717) is 35.5 Å². The standard InChI is InChI=1S/C18H27NS.2C17H27N2S.6C7H7.C2H2.CH2Cl2.2Zr/c1-13(2)15-8-7-9-16(14(3)4)17(15)12-18(20)19-10-5-6-11-19;2*1-12(2)14-8-7-9-15(13(3)4)16(14)18-17(20)19-10-5-6-11-19;6*1-7-5-3-2-4-6-7;1-2;2-1-3;;/h7-9,13-14H,5-6,10-12H2,1-4H3;2*7-9,12-13,17,20H,5-6,10-11H2,1-4H3;6*2-6H,1H2;1-2H;1H2;;/q;8*-1;;;;+4/p-2. The van der Waals surface area contributed by atoms with Crippen LogP contribution in [0.3, 0.4) is 0 Å². The van der Waals surface area contributed by atoms with Crippen LogP contribution in [-0.4, -0.2) is 75.3 Å². The van der Waals surface area contributed by atoms with Crippen LogP contribution in [0.2, 0.25) is 0 Å². The summed E-state index contributed by atoms with van der Waals surface area (Å²) in [5, 5.41) is 10.0. The van der Waals surface area contributed by atoms with Crippen molar-refractivity contribution in [2.45, 2.75) is 175 Å². The zero-order valence-corrected chi connectivity index (χ0v) is 76.5. The summed E-state index contributed by atoms with van der Waals surface area (Å²) in [6.45, 7) is 56.0. The molecule has 584 valence electrons. The number of para-hydroxylation sites is 2. The Balaban J connectivity index is 0.00000124. The van der Waals surface area contributed by atoms with Gasteiger partial charge in [0.1, 0.15) is 0 Å². The predicted octanol–water partition coefficient (Wildman–Crippen LogP) is 27.5. The Bertz CT molecular complexity index is 3240. The molecule has 3 saturated heterocycles. The third kappa shape index (κ3) is 43.7. The maximum absolute atomic E-state index is 5.71. The largest absolute Gasteiger partial charge is 4.00 e. The van der Waals surface area contributed by atoms with E-state index in [0.717, 1.165) is 95.4 Å². The molecule has 3 heterocycles. The van der Waals surface area contributed by atoms with Gasteiger partial charge < -0.3 is 50.6 Å². The Morgan fingerprint density at radius 1 is 0.349 bits per heavy atom. The fraction of sp³-hybridized carbons (Fsp3) is 0.351. The van der Waals surface area contributed by atoms with E-state index >= 15 is 0 Å². The van der Waals surface area contributed by atoms with E-state index in [1.807, 2.05) is 182 Å². The molecule has 0 radical (unpaired) electrons. The molecule has 12 heteroatoms. The van der Waals surface area contributed by atoms with Gasteiger partial charge in [-0.2, -0.15) is 159 Å². The van der Waals surface area contributed by atoms with Gasteiger partial charge in [0.25, 0.3) is 0 Å². The molecule has 0 amide bonds. The SMILES string of the molecule is C#C.CC(C)c1cccc(C(C)C)c1CC(=S)N1CCCC1.CC(C)c1cccc(C(C)C)c1[N-]C([S-])N1CCCC1.CC(C)c1cccc(C(C)C)c1[N-]C([S-])N1CCCC1.ClCCl.[CH2-]c1ccccc1.[CH2-]c1ccccc1.[CH2-]c1ccccc1.[CH2-]c1ccccc1.[CH2-]c1ccccc1.[CH2-]c1ccccc1.[Zr+4].[Zr]. The Morgan fingerprint density at radius 3 is 0.706 bits per heavy atom. The molecule has 0 aromatic heterocycles. The first-order valence-electron chi connectivity index (χ1n) is 37.8. The zero-order chi connectivity index (χ0) is 79.5. The van der Waals surface area contributed by atoms with Crippen molar-refractivity contribution in [3.63, 3.8) is 0 Å². The van der Waals surface area contributed by atoms with Crippen molar-refractivity contribution in [1.29, 1.82) is 0 Å². The smallest absolute Gasteiger partial charge is 0.793 e. The topological polar surface area (TPSA) is 37.9 Å². The van der Waals surface area contributed by atoms with Crippen LogP contribution in [0.1, 0.15) is 229 Å². The minimum Gasteiger partial charge on any atom is -0.793 e. The Kier molecular flexibility index (Phi) is 58.5. The Labute approximate surface area is 730 Å². The van der Waals surface area contributed by atoms with Gasteiger partial charge in [0.05, 0.1) is 10.3 Å². The van der Waals surface area contributed by atoms with Crippen molar-refractivity contribution in [3.8, 4) is 12.8 Å². The molecule has 3 aliphatic heterocycles. The van der Waals surface area contributed by atoms with Crippen molar-refractivity contribution in [2.24, 2.45) is 0 Å². The molecule has 2 atom stereocenters. The normalized spacial score (nSPS) is 12.9. The molecule has 3 fully saturated rings. The first-order valence-corrected chi connectivity index (χ1v) is 40.2. The van der Waals surface area contributed by atoms with Gasteiger partial charge in [-0.25, -0.2) is 0 Å². The molecule has 0 saturated carbocycles. The molecule has 5 nitrogen and oxygen atoms in total. The third-order valence-electron chi connectivity index (χ3n) is 17.4. The minimum atomic E-state index is -0.116. The van der Waals surface area contributed by atoms with Crippen molar-refractivity contribution < 1.29 is 52.4 Å². The average Bonchev–Trinajstić information content (AvgIpc) is 1.52. The summed E-state index contributed by atoms with van der Waals surface area (Å²) in [6.07, 6.45) is 16.6. The van der Waals surface area contributed by atoms with Crippen LogP contribution in [0, 0.1) is 54.4 Å². The zero-order valence-electron chi connectivity index (χ0n) is 67.6. The second-order valence-electron chi connectivity index (χ2n) is 28.1. The number of nitrogens with zero attached hydrogens (tertiary/aromatic N) is 5. The molecule has 0 N–H and O–H groups in total. The van der Waals surface area contributed by atoms with Gasteiger partial charge in [-0.1, -0.05) is 209 Å². The second kappa shape index (κ2) is 61.8. The molecule has 109 heavy (non-hydrogen) atoms. The fourth-order valence-corrected chi connectivity index (χ4v) is 12.6. The molecule has 2 unspecified atom stereocenters. The Morgan fingerprint density at radius 2 is 0.532 bits per heavy atom. The van der Waals surface area contributed by atoms with E-state index in [2.05, 4.69) is 207 Å². The summed E-state index contributed by atoms with van der Waals surface area (Å²) in [5.74, 6) is 3.04. The number of alkyl halides is 2.